The first-order valence-electron chi connectivity index (χ1n) is 9.33. The average Bonchev–Trinajstić information content (AvgIpc) is 3.11. The number of anilines is 1. The number of carbonyl (C=O) groups excluding carboxylic acids is 1. The predicted octanol–water partition coefficient (Wildman–Crippen LogP) is 3.97. The Morgan fingerprint density at radius 2 is 2.03 bits per heavy atom. The summed E-state index contributed by atoms with van der Waals surface area (Å²) in [4.78, 5) is 13.6. The summed E-state index contributed by atoms with van der Waals surface area (Å²) >= 11 is 6.53. The molecule has 0 spiro atoms. The summed E-state index contributed by atoms with van der Waals surface area (Å²) in [5.74, 6) is 0. The third-order valence-electron chi connectivity index (χ3n) is 4.84. The molecule has 1 fully saturated rings. The number of carbonyl (C=O) groups is 1. The van der Waals surface area contributed by atoms with Gasteiger partial charge in [0.05, 0.1) is 10.9 Å². The van der Waals surface area contributed by atoms with Crippen LogP contribution in [0.4, 0.5) is 10.5 Å². The monoisotopic (exact) mass is 570 g/mol. The maximum Gasteiger partial charge on any atom is 0.411 e. The van der Waals surface area contributed by atoms with Crippen molar-refractivity contribution in [1.29, 1.82) is 5.26 Å². The van der Waals surface area contributed by atoms with Crippen LogP contribution >= 0.6 is 31.9 Å². The van der Waals surface area contributed by atoms with E-state index in [2.05, 4.69) is 41.9 Å². The highest BCUT2D eigenvalue weighted by molar-refractivity contribution is 9.11. The van der Waals surface area contributed by atoms with Crippen LogP contribution in [-0.4, -0.2) is 44.6 Å². The summed E-state index contributed by atoms with van der Waals surface area (Å²) in [6, 6.07) is 11.2. The summed E-state index contributed by atoms with van der Waals surface area (Å²) < 4.78 is 34.6. The molecule has 2 N–H and O–H groups in total. The first kappa shape index (κ1) is 23.5. The molecule has 1 aliphatic rings. The van der Waals surface area contributed by atoms with Crippen LogP contribution in [0.3, 0.4) is 0 Å². The van der Waals surface area contributed by atoms with E-state index in [1.54, 1.807) is 24.3 Å². The van der Waals surface area contributed by atoms with Gasteiger partial charge in [-0.1, -0.05) is 34.1 Å². The summed E-state index contributed by atoms with van der Waals surface area (Å²) in [5.41, 5.74) is 1.54. The smallest absolute Gasteiger partial charge is 0.411 e. The fraction of sp³-hybridized carbons (Fsp3) is 0.300. The molecule has 0 saturated carbocycles. The van der Waals surface area contributed by atoms with E-state index in [1.165, 1.54) is 11.0 Å². The number of nitrogens with zero attached hydrogens (tertiary/aromatic N) is 2. The van der Waals surface area contributed by atoms with Crippen LogP contribution in [-0.2, 0) is 14.8 Å². The molecular formula is C20H20Br2N4O4S. The van der Waals surface area contributed by atoms with Crippen molar-refractivity contribution in [2.75, 3.05) is 18.5 Å². The summed E-state index contributed by atoms with van der Waals surface area (Å²) in [7, 11) is -3.81. The quantitative estimate of drug-likeness (QED) is 0.507. The normalized spacial score (nSPS) is 18.5. The standard InChI is InChI=1S/C20H20Br2N4O4S/c1-13-4-2-3-5-18(13)24-20(27)30-11-16-9-15(10-26(16)12-23)25-31(28,29)19-8-14(21)6-7-17(19)22/h2-8,15-16,25H,9-11H2,1H3,(H,24,27)/t15?,16-/m1/s1. The van der Waals surface area contributed by atoms with E-state index in [9.17, 15) is 18.5 Å². The zero-order chi connectivity index (χ0) is 22.6. The first-order valence-corrected chi connectivity index (χ1v) is 12.4. The van der Waals surface area contributed by atoms with Gasteiger partial charge < -0.3 is 9.64 Å². The van der Waals surface area contributed by atoms with E-state index in [4.69, 9.17) is 4.74 Å². The first-order chi connectivity index (χ1) is 14.7. The van der Waals surface area contributed by atoms with Gasteiger partial charge in [-0.05, 0) is 59.1 Å². The number of ether oxygens (including phenoxy) is 1. The molecule has 2 aromatic rings. The Labute approximate surface area is 197 Å². The van der Waals surface area contributed by atoms with Crippen molar-refractivity contribution in [3.8, 4) is 6.19 Å². The van der Waals surface area contributed by atoms with Gasteiger partial charge in [-0.15, -0.1) is 0 Å². The minimum Gasteiger partial charge on any atom is -0.447 e. The lowest BCUT2D eigenvalue weighted by molar-refractivity contribution is 0.134. The predicted molar refractivity (Wildman–Crippen MR) is 123 cm³/mol. The molecule has 1 heterocycles. The molecule has 8 nitrogen and oxygen atoms in total. The van der Waals surface area contributed by atoms with Gasteiger partial charge in [-0.25, -0.2) is 17.9 Å². The number of aryl methyl sites for hydroxylation is 1. The molecule has 0 aliphatic carbocycles. The van der Waals surface area contributed by atoms with Crippen LogP contribution < -0.4 is 10.0 Å². The molecule has 164 valence electrons. The second-order valence-electron chi connectivity index (χ2n) is 7.07. The van der Waals surface area contributed by atoms with Gasteiger partial charge in [0.15, 0.2) is 6.19 Å². The molecule has 0 aromatic heterocycles. The summed E-state index contributed by atoms with van der Waals surface area (Å²) in [6.07, 6.45) is 1.74. The van der Waals surface area contributed by atoms with Gasteiger partial charge in [0.25, 0.3) is 0 Å². The number of halogens is 2. The van der Waals surface area contributed by atoms with Crippen molar-refractivity contribution < 1.29 is 17.9 Å². The highest BCUT2D eigenvalue weighted by Crippen LogP contribution is 2.27. The van der Waals surface area contributed by atoms with Gasteiger partial charge in [0.1, 0.15) is 6.61 Å². The molecule has 3 rings (SSSR count). The zero-order valence-corrected chi connectivity index (χ0v) is 20.5. The number of sulfonamides is 1. The fourth-order valence-electron chi connectivity index (χ4n) is 3.28. The third-order valence-corrected chi connectivity index (χ3v) is 7.84. The second-order valence-corrected chi connectivity index (χ2v) is 10.5. The van der Waals surface area contributed by atoms with E-state index in [0.717, 1.165) is 5.56 Å². The Kier molecular flexibility index (Phi) is 7.59. The van der Waals surface area contributed by atoms with E-state index in [-0.39, 0.29) is 18.0 Å². The van der Waals surface area contributed by atoms with Crippen molar-refractivity contribution in [2.45, 2.75) is 30.3 Å². The fourth-order valence-corrected chi connectivity index (χ4v) is 6.02. The van der Waals surface area contributed by atoms with Gasteiger partial charge in [-0.2, -0.15) is 5.26 Å². The number of benzene rings is 2. The van der Waals surface area contributed by atoms with Gasteiger partial charge in [0, 0.05) is 27.2 Å². The molecule has 11 heteroatoms. The topological polar surface area (TPSA) is 112 Å². The van der Waals surface area contributed by atoms with Crippen LogP contribution in [0.2, 0.25) is 0 Å². The molecule has 0 radical (unpaired) electrons. The number of para-hydroxylation sites is 1. The second kappa shape index (κ2) is 9.99. The van der Waals surface area contributed by atoms with Gasteiger partial charge in [0.2, 0.25) is 10.0 Å². The van der Waals surface area contributed by atoms with Crippen molar-refractivity contribution in [1.82, 2.24) is 9.62 Å². The van der Waals surface area contributed by atoms with Crippen LogP contribution in [0.5, 0.6) is 0 Å². The lowest BCUT2D eigenvalue weighted by Crippen LogP contribution is -2.36. The molecule has 0 bridgehead atoms. The van der Waals surface area contributed by atoms with Crippen molar-refractivity contribution in [2.24, 2.45) is 0 Å². The van der Waals surface area contributed by atoms with Crippen LogP contribution in [0.15, 0.2) is 56.3 Å². The van der Waals surface area contributed by atoms with E-state index < -0.39 is 28.2 Å². The molecule has 1 aliphatic heterocycles. The maximum atomic E-state index is 12.8. The maximum absolute atomic E-state index is 12.8. The lowest BCUT2D eigenvalue weighted by Gasteiger charge is -2.18. The van der Waals surface area contributed by atoms with Crippen LogP contribution in [0.25, 0.3) is 0 Å². The number of hydrogen-bond donors (Lipinski definition) is 2. The van der Waals surface area contributed by atoms with Gasteiger partial charge in [-0.3, -0.25) is 5.32 Å². The Bertz CT molecular complexity index is 1120. The lowest BCUT2D eigenvalue weighted by atomic mass is 10.2. The Hall–Kier alpha value is -2.13. The number of likely N-dealkylation sites (tertiary alicyclic amines) is 1. The van der Waals surface area contributed by atoms with Crippen molar-refractivity contribution in [3.05, 3.63) is 57.0 Å². The van der Waals surface area contributed by atoms with Gasteiger partial charge >= 0.3 is 6.09 Å². The molecule has 31 heavy (non-hydrogen) atoms. The number of rotatable bonds is 6. The van der Waals surface area contributed by atoms with Crippen LogP contribution in [0, 0.1) is 18.4 Å². The third kappa shape index (κ3) is 5.98. The molecule has 1 amide bonds. The Morgan fingerprint density at radius 3 is 2.74 bits per heavy atom. The summed E-state index contributed by atoms with van der Waals surface area (Å²) in [5, 5.41) is 12.1. The molecular weight excluding hydrogens is 552 g/mol. The van der Waals surface area contributed by atoms with E-state index >= 15 is 0 Å². The summed E-state index contributed by atoms with van der Waals surface area (Å²) in [6.45, 7) is 2.02. The number of nitrogens with one attached hydrogen (secondary N) is 2. The van der Waals surface area contributed by atoms with E-state index in [0.29, 0.717) is 21.1 Å². The zero-order valence-electron chi connectivity index (χ0n) is 16.5. The molecule has 2 atom stereocenters. The minimum absolute atomic E-state index is 0.0376. The molecule has 1 unspecified atom stereocenters. The molecule has 2 aromatic carbocycles. The van der Waals surface area contributed by atoms with Crippen molar-refractivity contribution >= 4 is 53.7 Å². The highest BCUT2D eigenvalue weighted by atomic mass is 79.9. The van der Waals surface area contributed by atoms with Crippen molar-refractivity contribution in [3.63, 3.8) is 0 Å². The number of amides is 1. The van der Waals surface area contributed by atoms with Crippen LogP contribution in [0.1, 0.15) is 12.0 Å². The minimum atomic E-state index is -3.81. The SMILES string of the molecule is Cc1ccccc1NC(=O)OC[C@H]1CC(NS(=O)(=O)c2cc(Br)ccc2Br)CN1C#N. The average molecular weight is 572 g/mol. The van der Waals surface area contributed by atoms with E-state index in [1.807, 2.05) is 25.2 Å². The Balaban J connectivity index is 1.60. The Morgan fingerprint density at radius 1 is 1.29 bits per heavy atom. The number of nitriles is 1. The molecule has 1 saturated heterocycles. The largest absolute Gasteiger partial charge is 0.447 e. The number of hydrogen-bond acceptors (Lipinski definition) is 6. The highest BCUT2D eigenvalue weighted by Gasteiger charge is 2.35.